The van der Waals surface area contributed by atoms with E-state index in [9.17, 15) is 13.2 Å². The largest absolute Gasteiger partial charge is 0.350 e. The Labute approximate surface area is 98.0 Å². The fourth-order valence-electron chi connectivity index (χ4n) is 0.865. The molecule has 1 aromatic heterocycles. The molecule has 0 radical (unpaired) electrons. The second-order valence-electron chi connectivity index (χ2n) is 3.03. The van der Waals surface area contributed by atoms with Gasteiger partial charge in [-0.3, -0.25) is 4.79 Å². The van der Waals surface area contributed by atoms with Gasteiger partial charge in [-0.2, -0.15) is 0 Å². The normalized spacial score (nSPS) is 11.4. The molecule has 8 heteroatoms. The number of nitrogens with zero attached hydrogens (tertiary/aromatic N) is 2. The Kier molecular flexibility index (Phi) is 4.36. The van der Waals surface area contributed by atoms with Crippen molar-refractivity contribution in [2.75, 3.05) is 12.3 Å². The Morgan fingerprint density at radius 2 is 2.06 bits per heavy atom. The van der Waals surface area contributed by atoms with Crippen molar-refractivity contribution >= 4 is 27.1 Å². The van der Waals surface area contributed by atoms with E-state index in [0.717, 1.165) is 17.8 Å². The highest BCUT2D eigenvalue weighted by Gasteiger charge is 2.20. The molecule has 0 bridgehead atoms. The van der Waals surface area contributed by atoms with E-state index in [1.54, 1.807) is 0 Å². The molecule has 1 N–H and O–H groups in total. The van der Waals surface area contributed by atoms with E-state index in [2.05, 4.69) is 15.5 Å². The summed E-state index contributed by atoms with van der Waals surface area (Å²) < 4.78 is 22.8. The number of rotatable bonds is 5. The summed E-state index contributed by atoms with van der Waals surface area (Å²) in [6, 6.07) is 0. The van der Waals surface area contributed by atoms with Gasteiger partial charge in [0.1, 0.15) is 0 Å². The standard InChI is InChI=1S/C8H13N3O3S2/c1-3-5-9-6(12)7-10-11-8(15-7)16(13,14)4-2/h3-5H2,1-2H3,(H,9,12). The average Bonchev–Trinajstić information content (AvgIpc) is 2.75. The lowest BCUT2D eigenvalue weighted by atomic mass is 10.5. The van der Waals surface area contributed by atoms with Gasteiger partial charge >= 0.3 is 0 Å². The maximum Gasteiger partial charge on any atom is 0.282 e. The van der Waals surface area contributed by atoms with Crippen LogP contribution in [0.1, 0.15) is 30.1 Å². The Morgan fingerprint density at radius 1 is 1.38 bits per heavy atom. The van der Waals surface area contributed by atoms with Crippen molar-refractivity contribution in [3.8, 4) is 0 Å². The number of hydrogen-bond donors (Lipinski definition) is 1. The first kappa shape index (κ1) is 13.0. The Hall–Kier alpha value is -1.02. The van der Waals surface area contributed by atoms with E-state index in [1.165, 1.54) is 6.92 Å². The lowest BCUT2D eigenvalue weighted by Gasteiger charge is -1.97. The number of aromatic nitrogens is 2. The molecule has 0 fully saturated rings. The van der Waals surface area contributed by atoms with Crippen molar-refractivity contribution in [1.82, 2.24) is 15.5 Å². The number of amides is 1. The number of carbonyl (C=O) groups is 1. The Morgan fingerprint density at radius 3 is 2.62 bits per heavy atom. The maximum absolute atomic E-state index is 11.4. The van der Waals surface area contributed by atoms with Crippen LogP contribution in [0, 0.1) is 0 Å². The van der Waals surface area contributed by atoms with Gasteiger partial charge in [-0.1, -0.05) is 25.2 Å². The molecule has 0 saturated carbocycles. The van der Waals surface area contributed by atoms with Crippen molar-refractivity contribution in [2.24, 2.45) is 0 Å². The molecule has 0 saturated heterocycles. The molecule has 16 heavy (non-hydrogen) atoms. The summed E-state index contributed by atoms with van der Waals surface area (Å²) in [4.78, 5) is 11.4. The van der Waals surface area contributed by atoms with E-state index in [1.807, 2.05) is 6.92 Å². The molecule has 0 atom stereocenters. The summed E-state index contributed by atoms with van der Waals surface area (Å²) in [6.07, 6.45) is 0.810. The second kappa shape index (κ2) is 5.35. The molecular formula is C8H13N3O3S2. The quantitative estimate of drug-likeness (QED) is 0.834. The van der Waals surface area contributed by atoms with Gasteiger partial charge in [-0.15, -0.1) is 10.2 Å². The zero-order valence-corrected chi connectivity index (χ0v) is 10.7. The maximum atomic E-state index is 11.4. The summed E-state index contributed by atoms with van der Waals surface area (Å²) in [5.41, 5.74) is 0. The van der Waals surface area contributed by atoms with Crippen molar-refractivity contribution in [2.45, 2.75) is 24.6 Å². The molecule has 1 rings (SSSR count). The highest BCUT2D eigenvalue weighted by molar-refractivity contribution is 7.93. The zero-order chi connectivity index (χ0) is 12.2. The van der Waals surface area contributed by atoms with E-state index in [4.69, 9.17) is 0 Å². The van der Waals surface area contributed by atoms with Crippen molar-refractivity contribution < 1.29 is 13.2 Å². The predicted octanol–water partition coefficient (Wildman–Crippen LogP) is 0.471. The third-order valence-corrected chi connectivity index (χ3v) is 4.88. The summed E-state index contributed by atoms with van der Waals surface area (Å²) >= 11 is 0.801. The van der Waals surface area contributed by atoms with Crippen LogP contribution >= 0.6 is 11.3 Å². The fraction of sp³-hybridized carbons (Fsp3) is 0.625. The first-order chi connectivity index (χ1) is 7.51. The number of carbonyl (C=O) groups excluding carboxylic acids is 1. The van der Waals surface area contributed by atoms with Crippen LogP contribution in [-0.2, 0) is 9.84 Å². The molecule has 0 spiro atoms. The second-order valence-corrected chi connectivity index (χ2v) is 6.46. The van der Waals surface area contributed by atoms with Gasteiger partial charge in [0.2, 0.25) is 19.2 Å². The molecule has 1 heterocycles. The highest BCUT2D eigenvalue weighted by atomic mass is 32.2. The van der Waals surface area contributed by atoms with Gasteiger partial charge in [-0.25, -0.2) is 8.42 Å². The lowest BCUT2D eigenvalue weighted by Crippen LogP contribution is -2.23. The van der Waals surface area contributed by atoms with Gasteiger partial charge in [0.25, 0.3) is 5.91 Å². The Bertz CT molecular complexity index is 467. The molecule has 0 aliphatic heterocycles. The SMILES string of the molecule is CCCNC(=O)c1nnc(S(=O)(=O)CC)s1. The molecule has 1 aromatic rings. The van der Waals surface area contributed by atoms with Crippen LogP contribution in [0.15, 0.2) is 4.34 Å². The predicted molar refractivity (Wildman–Crippen MR) is 60.3 cm³/mol. The van der Waals surface area contributed by atoms with Gasteiger partial charge in [0, 0.05) is 6.54 Å². The minimum atomic E-state index is -3.37. The van der Waals surface area contributed by atoms with Crippen molar-refractivity contribution in [3.05, 3.63) is 5.01 Å². The van der Waals surface area contributed by atoms with Gasteiger partial charge < -0.3 is 5.32 Å². The smallest absolute Gasteiger partial charge is 0.282 e. The summed E-state index contributed by atoms with van der Waals surface area (Å²) in [5, 5.41) is 9.76. The summed E-state index contributed by atoms with van der Waals surface area (Å²) in [6.45, 7) is 3.98. The average molecular weight is 263 g/mol. The monoisotopic (exact) mass is 263 g/mol. The molecule has 0 aromatic carbocycles. The third kappa shape index (κ3) is 2.99. The highest BCUT2D eigenvalue weighted by Crippen LogP contribution is 2.16. The van der Waals surface area contributed by atoms with Gasteiger partial charge in [0.05, 0.1) is 5.75 Å². The Balaban J connectivity index is 2.83. The van der Waals surface area contributed by atoms with E-state index >= 15 is 0 Å². The van der Waals surface area contributed by atoms with E-state index in [0.29, 0.717) is 6.54 Å². The topological polar surface area (TPSA) is 89.0 Å². The number of hydrogen-bond acceptors (Lipinski definition) is 6. The first-order valence-electron chi connectivity index (χ1n) is 4.85. The first-order valence-corrected chi connectivity index (χ1v) is 7.32. The van der Waals surface area contributed by atoms with Gasteiger partial charge in [-0.05, 0) is 6.42 Å². The minimum absolute atomic E-state index is 0.0434. The number of sulfone groups is 1. The fourth-order valence-corrected chi connectivity index (χ4v) is 2.87. The summed E-state index contributed by atoms with van der Waals surface area (Å²) in [7, 11) is -3.37. The molecule has 0 aliphatic carbocycles. The van der Waals surface area contributed by atoms with Crippen LogP contribution in [0.2, 0.25) is 0 Å². The third-order valence-electron chi connectivity index (χ3n) is 1.78. The molecular weight excluding hydrogens is 250 g/mol. The molecule has 6 nitrogen and oxygen atoms in total. The van der Waals surface area contributed by atoms with Crippen LogP contribution in [0.5, 0.6) is 0 Å². The zero-order valence-electron chi connectivity index (χ0n) is 9.06. The molecule has 90 valence electrons. The van der Waals surface area contributed by atoms with Crippen LogP contribution in [0.25, 0.3) is 0 Å². The van der Waals surface area contributed by atoms with Crippen LogP contribution in [-0.4, -0.2) is 36.8 Å². The lowest BCUT2D eigenvalue weighted by molar-refractivity contribution is 0.0952. The summed E-state index contributed by atoms with van der Waals surface area (Å²) in [5.74, 6) is -0.421. The minimum Gasteiger partial charge on any atom is -0.350 e. The molecule has 0 unspecified atom stereocenters. The molecule has 0 aliphatic rings. The van der Waals surface area contributed by atoms with Crippen LogP contribution in [0.3, 0.4) is 0 Å². The van der Waals surface area contributed by atoms with E-state index in [-0.39, 0.29) is 21.0 Å². The van der Waals surface area contributed by atoms with Crippen LogP contribution in [0.4, 0.5) is 0 Å². The van der Waals surface area contributed by atoms with Crippen molar-refractivity contribution in [1.29, 1.82) is 0 Å². The van der Waals surface area contributed by atoms with Gasteiger partial charge in [0.15, 0.2) is 0 Å². The van der Waals surface area contributed by atoms with E-state index < -0.39 is 9.84 Å². The van der Waals surface area contributed by atoms with Crippen LogP contribution < -0.4 is 5.32 Å². The van der Waals surface area contributed by atoms with Crippen molar-refractivity contribution in [3.63, 3.8) is 0 Å². The number of nitrogens with one attached hydrogen (secondary N) is 1. The molecule has 1 amide bonds.